The molecular formula is C53H53N5O8S2. The number of ketones is 1. The van der Waals surface area contributed by atoms with Crippen LogP contribution in [0, 0.1) is 0 Å². The molecular weight excluding hydrogens is 899 g/mol. The van der Waals surface area contributed by atoms with Gasteiger partial charge in [0.15, 0.2) is 23.0 Å². The fraction of sp³-hybridized carbons (Fsp3) is 0.321. The van der Waals surface area contributed by atoms with E-state index < -0.39 is 4.75 Å². The van der Waals surface area contributed by atoms with Crippen molar-refractivity contribution in [2.75, 3.05) is 29.3 Å². The fourth-order valence-electron chi connectivity index (χ4n) is 8.99. The number of hydrogen-bond acceptors (Lipinski definition) is 12. The van der Waals surface area contributed by atoms with E-state index in [1.165, 1.54) is 14.2 Å². The third kappa shape index (κ3) is 9.86. The predicted octanol–water partition coefficient (Wildman–Crippen LogP) is 10.7. The minimum atomic E-state index is -0.401. The third-order valence-corrected chi connectivity index (χ3v) is 16.2. The van der Waals surface area contributed by atoms with Gasteiger partial charge in [0, 0.05) is 77.3 Å². The molecule has 0 aromatic heterocycles. The van der Waals surface area contributed by atoms with Crippen molar-refractivity contribution in [1.82, 2.24) is 0 Å². The fourth-order valence-corrected chi connectivity index (χ4v) is 11.6. The highest BCUT2D eigenvalue weighted by molar-refractivity contribution is 8.77. The van der Waals surface area contributed by atoms with Gasteiger partial charge in [0.1, 0.15) is 19.0 Å². The summed E-state index contributed by atoms with van der Waals surface area (Å²) in [5, 5.41) is 3.37. The van der Waals surface area contributed by atoms with Crippen molar-refractivity contribution in [3.8, 4) is 23.0 Å². The number of carbonyl (C=O) groups is 4. The topological polar surface area (TPSA) is 148 Å². The molecule has 0 bridgehead atoms. The van der Waals surface area contributed by atoms with Gasteiger partial charge in [-0.2, -0.15) is 0 Å². The monoisotopic (exact) mass is 951 g/mol. The molecule has 9 rings (SSSR count). The number of Topliss-reactive ketones (excluding diaryl/α,β-unsaturated/α-hetero) is 1. The minimum absolute atomic E-state index is 0.0710. The molecule has 0 spiro atoms. The highest BCUT2D eigenvalue weighted by Gasteiger charge is 2.38. The highest BCUT2D eigenvalue weighted by atomic mass is 33.1. The highest BCUT2D eigenvalue weighted by Crippen LogP contribution is 2.44. The van der Waals surface area contributed by atoms with Crippen molar-refractivity contribution in [3.63, 3.8) is 0 Å². The summed E-state index contributed by atoms with van der Waals surface area (Å²) in [4.78, 5) is 66.5. The first-order valence-corrected chi connectivity index (χ1v) is 24.9. The van der Waals surface area contributed by atoms with Crippen molar-refractivity contribution in [3.05, 3.63) is 124 Å². The molecule has 13 nitrogen and oxygen atoms in total. The number of methoxy groups -OCH3 is 2. The van der Waals surface area contributed by atoms with Gasteiger partial charge in [0.25, 0.3) is 11.8 Å². The SMILES string of the molecule is COc1cc2c(cc1OCc1cc(COc3cc4c(cc3OC)C(=O)N3c5ccccc5C[C@H]3C=N4)cc(NC(=O)CC(C)(C)SSC(C)CCC(C)=O)c1)N=C[C@@H]1Cc3ccccc3N1C2=O. The molecule has 3 atom stereocenters. The number of aliphatic imine (C=N–C) groups is 2. The summed E-state index contributed by atoms with van der Waals surface area (Å²) in [5.74, 6) is 1.22. The Labute approximate surface area is 404 Å². The van der Waals surface area contributed by atoms with E-state index in [2.05, 4.69) is 12.2 Å². The Morgan fingerprint density at radius 1 is 0.735 bits per heavy atom. The van der Waals surface area contributed by atoms with Crippen LogP contribution in [-0.2, 0) is 35.6 Å². The predicted molar refractivity (Wildman–Crippen MR) is 271 cm³/mol. The van der Waals surface area contributed by atoms with E-state index in [4.69, 9.17) is 28.9 Å². The number of para-hydroxylation sites is 2. The van der Waals surface area contributed by atoms with Crippen LogP contribution in [0.3, 0.4) is 0 Å². The third-order valence-electron chi connectivity index (χ3n) is 12.3. The van der Waals surface area contributed by atoms with Crippen LogP contribution in [0.1, 0.15) is 89.9 Å². The van der Waals surface area contributed by atoms with Crippen LogP contribution in [0.25, 0.3) is 0 Å². The average Bonchev–Trinajstić information content (AvgIpc) is 3.81. The number of benzene rings is 5. The van der Waals surface area contributed by atoms with E-state index in [1.807, 2.05) is 93.0 Å². The van der Waals surface area contributed by atoms with E-state index in [-0.39, 0.29) is 60.5 Å². The smallest absolute Gasteiger partial charge is 0.261 e. The summed E-state index contributed by atoms with van der Waals surface area (Å²) in [5.41, 5.74) is 7.72. The molecule has 4 aliphatic rings. The number of fused-ring (bicyclic) bond motifs is 8. The molecule has 0 saturated heterocycles. The summed E-state index contributed by atoms with van der Waals surface area (Å²) in [7, 11) is 6.39. The van der Waals surface area contributed by atoms with Crippen LogP contribution in [0.15, 0.2) is 101 Å². The van der Waals surface area contributed by atoms with Gasteiger partial charge < -0.3 is 29.1 Å². The standard InChI is InChI=1S/C53H53N5O8S2/c1-31(59)15-16-32(2)67-68-53(3,4)26-50(60)56-37-18-33(29-65-48-24-42-40(22-46(48)63-5)51(61)57-38(27-54-42)20-35-11-7-9-13-44(35)57)17-34(19-37)30-66-49-25-43-41(23-47(49)64-6)52(62)58-39(28-55-43)21-36-12-8-10-14-45(36)58/h7-14,17-19,22-25,27-28,32,38-39H,15-16,20-21,26,29-30H2,1-6H3,(H,56,60)/t32?,38-,39-/m0/s1. The summed E-state index contributed by atoms with van der Waals surface area (Å²) >= 11 is 0. The number of anilines is 3. The Bertz CT molecular complexity index is 2720. The lowest BCUT2D eigenvalue weighted by Gasteiger charge is -2.24. The maximum atomic E-state index is 14.0. The summed E-state index contributed by atoms with van der Waals surface area (Å²) in [6.07, 6.45) is 6.54. The van der Waals surface area contributed by atoms with Gasteiger partial charge >= 0.3 is 0 Å². The molecule has 5 aromatic carbocycles. The van der Waals surface area contributed by atoms with Crippen molar-refractivity contribution in [2.45, 2.75) is 95.1 Å². The maximum Gasteiger partial charge on any atom is 0.261 e. The van der Waals surface area contributed by atoms with Crippen molar-refractivity contribution >= 4 is 86.0 Å². The number of amides is 3. The Morgan fingerprint density at radius 3 is 1.72 bits per heavy atom. The largest absolute Gasteiger partial charge is 0.493 e. The van der Waals surface area contributed by atoms with Crippen molar-refractivity contribution in [1.29, 1.82) is 0 Å². The van der Waals surface area contributed by atoms with Crippen LogP contribution in [-0.4, -0.2) is 72.2 Å². The summed E-state index contributed by atoms with van der Waals surface area (Å²) in [6, 6.07) is 27.9. The first-order chi connectivity index (χ1) is 32.8. The van der Waals surface area contributed by atoms with Gasteiger partial charge in [-0.25, -0.2) is 0 Å². The van der Waals surface area contributed by atoms with Gasteiger partial charge in [-0.15, -0.1) is 0 Å². The van der Waals surface area contributed by atoms with E-state index in [1.54, 1.807) is 62.6 Å². The van der Waals surface area contributed by atoms with Crippen molar-refractivity contribution in [2.24, 2.45) is 9.98 Å². The molecule has 5 aromatic rings. The molecule has 0 radical (unpaired) electrons. The second-order valence-electron chi connectivity index (χ2n) is 18.1. The Kier molecular flexibility index (Phi) is 13.4. The zero-order valence-electron chi connectivity index (χ0n) is 38.9. The summed E-state index contributed by atoms with van der Waals surface area (Å²) in [6.45, 7) is 7.92. The second kappa shape index (κ2) is 19.6. The van der Waals surface area contributed by atoms with Crippen molar-refractivity contribution < 1.29 is 38.1 Å². The molecule has 4 heterocycles. The molecule has 15 heteroatoms. The molecule has 0 aliphatic carbocycles. The molecule has 1 unspecified atom stereocenters. The van der Waals surface area contributed by atoms with Gasteiger partial charge in [-0.05, 0) is 91.9 Å². The van der Waals surface area contributed by atoms with E-state index >= 15 is 0 Å². The molecule has 1 N–H and O–H groups in total. The van der Waals surface area contributed by atoms with Gasteiger partial charge in [0.05, 0.1) is 48.8 Å². The zero-order valence-corrected chi connectivity index (χ0v) is 40.5. The van der Waals surface area contributed by atoms with Crippen LogP contribution in [0.5, 0.6) is 23.0 Å². The lowest BCUT2D eigenvalue weighted by Crippen LogP contribution is -2.37. The number of ether oxygens (including phenoxy) is 4. The van der Waals surface area contributed by atoms with E-state index in [9.17, 15) is 19.2 Å². The van der Waals surface area contributed by atoms with E-state index in [0.717, 1.165) is 40.0 Å². The average molecular weight is 952 g/mol. The zero-order chi connectivity index (χ0) is 47.7. The Balaban J connectivity index is 0.961. The molecule has 68 heavy (non-hydrogen) atoms. The van der Waals surface area contributed by atoms with E-state index in [0.29, 0.717) is 70.4 Å². The summed E-state index contributed by atoms with van der Waals surface area (Å²) < 4.78 is 24.1. The van der Waals surface area contributed by atoms with Gasteiger partial charge in [0.2, 0.25) is 5.91 Å². The number of nitrogens with zero attached hydrogens (tertiary/aromatic N) is 4. The molecule has 350 valence electrons. The number of nitrogens with one attached hydrogen (secondary N) is 1. The molecule has 0 fully saturated rings. The van der Waals surface area contributed by atoms with Crippen LogP contribution in [0.4, 0.5) is 28.4 Å². The number of rotatable bonds is 17. The molecule has 4 aliphatic heterocycles. The lowest BCUT2D eigenvalue weighted by atomic mass is 10.1. The number of hydrogen-bond donors (Lipinski definition) is 1. The molecule has 3 amide bonds. The van der Waals surface area contributed by atoms with Crippen LogP contribution < -0.4 is 34.1 Å². The lowest BCUT2D eigenvalue weighted by molar-refractivity contribution is -0.117. The Morgan fingerprint density at radius 2 is 1.24 bits per heavy atom. The minimum Gasteiger partial charge on any atom is -0.493 e. The number of carbonyl (C=O) groups excluding carboxylic acids is 4. The Hall–Kier alpha value is -6.58. The molecule has 0 saturated carbocycles. The first-order valence-electron chi connectivity index (χ1n) is 22.6. The second-order valence-corrected chi connectivity index (χ2v) is 21.4. The maximum absolute atomic E-state index is 14.0. The van der Waals surface area contributed by atoms with Crippen LogP contribution in [0.2, 0.25) is 0 Å². The van der Waals surface area contributed by atoms with Gasteiger partial charge in [-0.3, -0.25) is 34.2 Å². The quantitative estimate of drug-likeness (QED) is 0.0893. The van der Waals surface area contributed by atoms with Gasteiger partial charge in [-0.1, -0.05) is 64.9 Å². The normalized spacial score (nSPS) is 16.9. The first kappa shape index (κ1) is 46.5. The van der Waals surface area contributed by atoms with Crippen LogP contribution >= 0.6 is 21.6 Å².